The van der Waals surface area contributed by atoms with E-state index in [1.807, 2.05) is 0 Å². The minimum atomic E-state index is -5.66. The molecule has 16 heteroatoms. The highest BCUT2D eigenvalue weighted by molar-refractivity contribution is 7.92. The van der Waals surface area contributed by atoms with Crippen LogP contribution in [0.1, 0.15) is 13.8 Å². The van der Waals surface area contributed by atoms with Gasteiger partial charge in [-0.05, 0) is 42.5 Å². The summed E-state index contributed by atoms with van der Waals surface area (Å²) in [6, 6.07) is 7.60. The van der Waals surface area contributed by atoms with Crippen LogP contribution < -0.4 is 0 Å². The fourth-order valence-electron chi connectivity index (χ4n) is 3.34. The summed E-state index contributed by atoms with van der Waals surface area (Å²) in [4.78, 5) is 11.0. The lowest BCUT2D eigenvalue weighted by Crippen LogP contribution is -2.23. The average Bonchev–Trinajstić information content (AvgIpc) is 3.31. The smallest absolute Gasteiger partial charge is 0.435 e. The third-order valence-corrected chi connectivity index (χ3v) is 10.5. The van der Waals surface area contributed by atoms with Crippen LogP contribution in [-0.2, 0) is 29.5 Å². The largest absolute Gasteiger partial charge is 0.501 e. The predicted octanol–water partition coefficient (Wildman–Crippen LogP) is 3.83. The van der Waals surface area contributed by atoms with E-state index in [2.05, 4.69) is 15.0 Å². The maximum Gasteiger partial charge on any atom is 0.501 e. The van der Waals surface area contributed by atoms with Gasteiger partial charge >= 0.3 is 5.51 Å². The minimum absolute atomic E-state index is 0.0160. The van der Waals surface area contributed by atoms with E-state index in [1.54, 1.807) is 0 Å². The van der Waals surface area contributed by atoms with Gasteiger partial charge in [-0.25, -0.2) is 35.2 Å². The molecular weight excluding hydrogens is 571 g/mol. The highest BCUT2D eigenvalue weighted by atomic mass is 32.2. The number of alkyl halides is 3. The van der Waals surface area contributed by atoms with Crippen molar-refractivity contribution in [3.05, 3.63) is 48.7 Å². The molecule has 0 aliphatic heterocycles. The number of benzene rings is 1. The molecule has 202 valence electrons. The number of nitrogens with zero attached hydrogens (tertiary/aromatic N) is 3. The number of aromatic nitrogens is 3. The molecule has 4 aromatic rings. The summed E-state index contributed by atoms with van der Waals surface area (Å²) in [5.74, 6) is -0.846. The van der Waals surface area contributed by atoms with E-state index >= 15 is 0 Å². The number of hydrogen-bond acceptors (Lipinski definition) is 10. The van der Waals surface area contributed by atoms with Gasteiger partial charge in [-0.3, -0.25) is 4.98 Å². The van der Waals surface area contributed by atoms with Gasteiger partial charge in [0.2, 0.25) is 5.89 Å². The summed E-state index contributed by atoms with van der Waals surface area (Å²) in [5, 5.41) is 0. The van der Waals surface area contributed by atoms with Crippen molar-refractivity contribution in [2.45, 2.75) is 34.0 Å². The Morgan fingerprint density at radius 3 is 2.00 bits per heavy atom. The fourth-order valence-corrected chi connectivity index (χ4v) is 5.96. The zero-order valence-electron chi connectivity index (χ0n) is 19.6. The summed E-state index contributed by atoms with van der Waals surface area (Å²) in [5.41, 5.74) is -5.89. The van der Waals surface area contributed by atoms with Crippen LogP contribution in [0.3, 0.4) is 0 Å². The lowest BCUT2D eigenvalue weighted by Gasteiger charge is -2.09. The monoisotopic (exact) mass is 589 g/mol. The molecule has 0 atom stereocenters. The van der Waals surface area contributed by atoms with Crippen molar-refractivity contribution in [3.8, 4) is 23.0 Å². The van der Waals surface area contributed by atoms with Gasteiger partial charge in [-0.1, -0.05) is 13.8 Å². The normalized spacial score (nSPS) is 13.2. The van der Waals surface area contributed by atoms with Crippen molar-refractivity contribution in [2.75, 3.05) is 11.5 Å². The second-order valence-corrected chi connectivity index (χ2v) is 14.3. The van der Waals surface area contributed by atoms with Crippen molar-refractivity contribution in [1.82, 2.24) is 15.0 Å². The number of oxazole rings is 1. The molecule has 0 unspecified atom stereocenters. The number of rotatable bonds is 7. The molecule has 0 aliphatic rings. The Labute approximate surface area is 215 Å². The first kappa shape index (κ1) is 27.7. The van der Waals surface area contributed by atoms with Crippen LogP contribution in [0, 0.1) is 0 Å². The molecule has 1 aromatic carbocycles. The van der Waals surface area contributed by atoms with Crippen molar-refractivity contribution < 1.29 is 42.8 Å². The summed E-state index contributed by atoms with van der Waals surface area (Å²) in [6.07, 6.45) is 1.13. The molecule has 38 heavy (non-hydrogen) atoms. The predicted molar refractivity (Wildman–Crippen MR) is 129 cm³/mol. The summed E-state index contributed by atoms with van der Waals surface area (Å²) >= 11 is 0. The van der Waals surface area contributed by atoms with E-state index in [9.17, 15) is 38.4 Å². The van der Waals surface area contributed by atoms with Crippen LogP contribution in [0.5, 0.6) is 0 Å². The van der Waals surface area contributed by atoms with Crippen LogP contribution in [0.25, 0.3) is 34.1 Å². The molecule has 0 amide bonds. The molecule has 4 rings (SSSR count). The van der Waals surface area contributed by atoms with Gasteiger partial charge in [0.25, 0.3) is 9.84 Å². The maximum atomic E-state index is 13.0. The molecule has 0 N–H and O–H groups in total. The lowest BCUT2D eigenvalue weighted by molar-refractivity contribution is -0.0436. The number of pyridine rings is 2. The molecule has 0 saturated carbocycles. The molecule has 3 heterocycles. The van der Waals surface area contributed by atoms with E-state index in [1.165, 1.54) is 38.1 Å². The Hall–Kier alpha value is -3.37. The fraction of sp³-hybridized carbons (Fsp3) is 0.227. The summed E-state index contributed by atoms with van der Waals surface area (Å²) < 4.78 is 118. The van der Waals surface area contributed by atoms with Gasteiger partial charge in [0.1, 0.15) is 11.2 Å². The van der Waals surface area contributed by atoms with Crippen molar-refractivity contribution in [2.24, 2.45) is 0 Å². The first-order valence-corrected chi connectivity index (χ1v) is 15.5. The van der Waals surface area contributed by atoms with Gasteiger partial charge in [0.05, 0.1) is 37.6 Å². The molecule has 0 bridgehead atoms. The number of sulfone groups is 3. The SMILES string of the molecule is CCS(=O)(=O)c1ccc(-c2ccc(S(=O)(=O)CC)c(-c3nc4cc(S(=O)(=O)C(F)(F)F)ccc4o3)n2)nc1. The van der Waals surface area contributed by atoms with Crippen molar-refractivity contribution in [1.29, 1.82) is 0 Å². The Balaban J connectivity index is 1.88. The quantitative estimate of drug-likeness (QED) is 0.311. The molecule has 0 saturated heterocycles. The van der Waals surface area contributed by atoms with Gasteiger partial charge in [0.15, 0.2) is 25.3 Å². The highest BCUT2D eigenvalue weighted by Crippen LogP contribution is 2.34. The van der Waals surface area contributed by atoms with Crippen LogP contribution in [0.15, 0.2) is 67.8 Å². The maximum absolute atomic E-state index is 13.0. The molecule has 3 aromatic heterocycles. The van der Waals surface area contributed by atoms with Gasteiger partial charge < -0.3 is 4.42 Å². The summed E-state index contributed by atoms with van der Waals surface area (Å²) in [7, 11) is -13.1. The molecule has 0 aliphatic carbocycles. The van der Waals surface area contributed by atoms with E-state index in [0.29, 0.717) is 12.1 Å². The van der Waals surface area contributed by atoms with E-state index in [4.69, 9.17) is 4.42 Å². The van der Waals surface area contributed by atoms with Crippen LogP contribution in [-0.4, -0.2) is 57.2 Å². The Morgan fingerprint density at radius 2 is 1.42 bits per heavy atom. The first-order chi connectivity index (χ1) is 17.6. The third kappa shape index (κ3) is 4.90. The Kier molecular flexibility index (Phi) is 6.86. The lowest BCUT2D eigenvalue weighted by atomic mass is 10.2. The van der Waals surface area contributed by atoms with Crippen LogP contribution in [0.2, 0.25) is 0 Å². The van der Waals surface area contributed by atoms with Crippen molar-refractivity contribution in [3.63, 3.8) is 0 Å². The Bertz CT molecular complexity index is 1870. The number of halogens is 3. The van der Waals surface area contributed by atoms with Crippen molar-refractivity contribution >= 4 is 40.6 Å². The number of hydrogen-bond donors (Lipinski definition) is 0. The molecule has 0 radical (unpaired) electrons. The van der Waals surface area contributed by atoms with E-state index in [0.717, 1.165) is 12.3 Å². The van der Waals surface area contributed by atoms with Gasteiger partial charge in [0, 0.05) is 6.20 Å². The van der Waals surface area contributed by atoms with Crippen LogP contribution in [0.4, 0.5) is 13.2 Å². The number of fused-ring (bicyclic) bond motifs is 1. The highest BCUT2D eigenvalue weighted by Gasteiger charge is 2.47. The van der Waals surface area contributed by atoms with Crippen LogP contribution >= 0.6 is 0 Å². The molecule has 0 fully saturated rings. The molecule has 0 spiro atoms. The zero-order chi connectivity index (χ0) is 28.1. The van der Waals surface area contributed by atoms with E-state index < -0.39 is 39.9 Å². The first-order valence-electron chi connectivity index (χ1n) is 10.8. The topological polar surface area (TPSA) is 154 Å². The van der Waals surface area contributed by atoms with Gasteiger partial charge in [-0.2, -0.15) is 13.2 Å². The average molecular weight is 590 g/mol. The second kappa shape index (κ2) is 9.43. The zero-order valence-corrected chi connectivity index (χ0v) is 22.0. The van der Waals surface area contributed by atoms with Gasteiger partial charge in [-0.15, -0.1) is 0 Å². The molecule has 10 nitrogen and oxygen atoms in total. The second-order valence-electron chi connectivity index (χ2n) is 7.83. The summed E-state index contributed by atoms with van der Waals surface area (Å²) in [6.45, 7) is 2.87. The third-order valence-electron chi connectivity index (χ3n) is 5.49. The standard InChI is InChI=1S/C22H18F3N3O7S3/c1-3-36(29,30)14-5-7-15(26-12-14)16-8-10-19(37(31,32)4-2)20(27-16)21-28-17-11-13(6-9-18(17)35-21)38(33,34)22(23,24)25/h5-12H,3-4H2,1-2H3. The van der Waals surface area contributed by atoms with E-state index in [-0.39, 0.29) is 55.4 Å². The minimum Gasteiger partial charge on any atom is -0.435 e. The molecular formula is C22H18F3N3O7S3. The Morgan fingerprint density at radius 1 is 0.789 bits per heavy atom.